The van der Waals surface area contributed by atoms with Crippen molar-refractivity contribution < 1.29 is 9.72 Å². The summed E-state index contributed by atoms with van der Waals surface area (Å²) in [7, 11) is 0. The number of ether oxygens (including phenoxy) is 1. The smallest absolute Gasteiger partial charge is 0.289 e. The standard InChI is InChI=1S/C18H18N4OS/c1-3-4-9-23-13-7-5-12(6-8-13)16-14(10-19)17(21)22-18(24-2)15(16)11-20/h5-8H,3-4,9H2,1-2H3,(H2,21,22)/p+1. The third kappa shape index (κ3) is 3.61. The first-order valence-corrected chi connectivity index (χ1v) is 8.84. The van der Waals surface area contributed by atoms with E-state index < -0.39 is 0 Å². The Hall–Kier alpha value is -2.70. The van der Waals surface area contributed by atoms with Gasteiger partial charge in [0.1, 0.15) is 29.0 Å². The van der Waals surface area contributed by atoms with Gasteiger partial charge in [0.15, 0.2) is 5.03 Å². The van der Waals surface area contributed by atoms with Crippen LogP contribution in [0.1, 0.15) is 30.9 Å². The van der Waals surface area contributed by atoms with Gasteiger partial charge >= 0.3 is 0 Å². The van der Waals surface area contributed by atoms with Crippen LogP contribution < -0.4 is 15.5 Å². The Morgan fingerprint density at radius 2 is 1.83 bits per heavy atom. The quantitative estimate of drug-likeness (QED) is 0.642. The van der Waals surface area contributed by atoms with E-state index in [9.17, 15) is 10.5 Å². The maximum absolute atomic E-state index is 9.54. The number of rotatable bonds is 6. The van der Waals surface area contributed by atoms with Gasteiger partial charge in [-0.1, -0.05) is 37.2 Å². The van der Waals surface area contributed by atoms with Crippen LogP contribution in [0.2, 0.25) is 0 Å². The number of benzene rings is 1. The number of aromatic amines is 1. The van der Waals surface area contributed by atoms with Crippen LogP contribution in [0.3, 0.4) is 0 Å². The normalized spacial score (nSPS) is 10.0. The lowest BCUT2D eigenvalue weighted by Crippen LogP contribution is -2.18. The zero-order chi connectivity index (χ0) is 17.5. The minimum absolute atomic E-state index is 0.263. The van der Waals surface area contributed by atoms with Crippen molar-refractivity contribution in [2.75, 3.05) is 18.6 Å². The van der Waals surface area contributed by atoms with Crippen molar-refractivity contribution >= 4 is 17.6 Å². The van der Waals surface area contributed by atoms with Crippen molar-refractivity contribution in [3.05, 3.63) is 35.4 Å². The fourth-order valence-corrected chi connectivity index (χ4v) is 2.90. The maximum Gasteiger partial charge on any atom is 0.289 e. The molecule has 0 fully saturated rings. The summed E-state index contributed by atoms with van der Waals surface area (Å²) in [4.78, 5) is 2.92. The minimum Gasteiger partial charge on any atom is -0.494 e. The molecule has 0 spiro atoms. The number of nitriles is 2. The molecular weight excluding hydrogens is 320 g/mol. The van der Waals surface area contributed by atoms with Crippen molar-refractivity contribution in [1.82, 2.24) is 0 Å². The van der Waals surface area contributed by atoms with Gasteiger partial charge in [0.05, 0.1) is 6.61 Å². The molecular formula is C18H19N4OS+. The summed E-state index contributed by atoms with van der Waals surface area (Å²) in [5, 5.41) is 19.6. The van der Waals surface area contributed by atoms with E-state index in [0.29, 0.717) is 22.8 Å². The largest absolute Gasteiger partial charge is 0.494 e. The summed E-state index contributed by atoms with van der Waals surface area (Å²) in [6.07, 6.45) is 3.93. The number of thioether (sulfide) groups is 1. The molecule has 0 amide bonds. The Morgan fingerprint density at radius 1 is 1.17 bits per heavy atom. The number of H-pyrrole nitrogens is 1. The molecule has 0 bridgehead atoms. The SMILES string of the molecule is CCCCOc1ccc(-c2c(C#N)c(N)[nH+]c(SC)c2C#N)cc1. The molecule has 0 saturated heterocycles. The molecule has 1 aromatic carbocycles. The van der Waals surface area contributed by atoms with Crippen LogP contribution in [0.25, 0.3) is 11.1 Å². The van der Waals surface area contributed by atoms with Crippen molar-refractivity contribution in [1.29, 1.82) is 10.5 Å². The third-order valence-electron chi connectivity index (χ3n) is 3.58. The molecule has 0 aliphatic rings. The number of pyridine rings is 1. The molecule has 0 radical (unpaired) electrons. The van der Waals surface area contributed by atoms with Gasteiger partial charge in [-0.05, 0) is 30.4 Å². The molecule has 6 heteroatoms. The fraction of sp³-hybridized carbons (Fsp3) is 0.278. The molecule has 0 aliphatic carbocycles. The van der Waals surface area contributed by atoms with Gasteiger partial charge in [0.2, 0.25) is 0 Å². The van der Waals surface area contributed by atoms with Crippen LogP contribution in [0.4, 0.5) is 5.82 Å². The summed E-state index contributed by atoms with van der Waals surface area (Å²) in [5.41, 5.74) is 7.98. The minimum atomic E-state index is 0.263. The zero-order valence-corrected chi connectivity index (χ0v) is 14.5. The van der Waals surface area contributed by atoms with E-state index in [4.69, 9.17) is 10.5 Å². The van der Waals surface area contributed by atoms with Gasteiger partial charge in [0.25, 0.3) is 5.82 Å². The highest BCUT2D eigenvalue weighted by Crippen LogP contribution is 2.33. The number of hydrogen-bond donors (Lipinski definition) is 1. The monoisotopic (exact) mass is 339 g/mol. The topological polar surface area (TPSA) is 97.0 Å². The lowest BCUT2D eigenvalue weighted by atomic mass is 9.97. The number of aromatic nitrogens is 1. The third-order valence-corrected chi connectivity index (χ3v) is 4.30. The molecule has 2 rings (SSSR count). The maximum atomic E-state index is 9.54. The summed E-state index contributed by atoms with van der Waals surface area (Å²) >= 11 is 1.39. The number of nitrogens with zero attached hydrogens (tertiary/aromatic N) is 2. The predicted octanol–water partition coefficient (Wildman–Crippen LogP) is 3.39. The van der Waals surface area contributed by atoms with E-state index in [1.807, 2.05) is 30.5 Å². The highest BCUT2D eigenvalue weighted by molar-refractivity contribution is 7.98. The van der Waals surface area contributed by atoms with E-state index in [0.717, 1.165) is 24.2 Å². The predicted molar refractivity (Wildman–Crippen MR) is 94.5 cm³/mol. The van der Waals surface area contributed by atoms with E-state index in [1.165, 1.54) is 11.8 Å². The zero-order valence-electron chi connectivity index (χ0n) is 13.7. The molecule has 5 nitrogen and oxygen atoms in total. The van der Waals surface area contributed by atoms with Crippen molar-refractivity contribution in [3.8, 4) is 29.0 Å². The van der Waals surface area contributed by atoms with E-state index in [1.54, 1.807) is 0 Å². The van der Waals surface area contributed by atoms with E-state index in [-0.39, 0.29) is 11.4 Å². The summed E-state index contributed by atoms with van der Waals surface area (Å²) in [5.74, 6) is 1.03. The fourth-order valence-electron chi connectivity index (χ4n) is 2.34. The van der Waals surface area contributed by atoms with Gasteiger partial charge < -0.3 is 4.74 Å². The lowest BCUT2D eigenvalue weighted by Gasteiger charge is -2.10. The molecule has 0 saturated carbocycles. The molecule has 0 atom stereocenters. The molecule has 1 heterocycles. The average Bonchev–Trinajstić information content (AvgIpc) is 2.61. The summed E-state index contributed by atoms with van der Waals surface area (Å²) in [6, 6.07) is 11.7. The molecule has 0 aliphatic heterocycles. The highest BCUT2D eigenvalue weighted by Gasteiger charge is 2.23. The molecule has 2 aromatic rings. The van der Waals surface area contributed by atoms with Crippen LogP contribution >= 0.6 is 11.8 Å². The van der Waals surface area contributed by atoms with Crippen LogP contribution in [-0.4, -0.2) is 12.9 Å². The Kier molecular flexibility index (Phi) is 6.06. The van der Waals surface area contributed by atoms with Crippen LogP contribution in [0, 0.1) is 22.7 Å². The van der Waals surface area contributed by atoms with Crippen molar-refractivity contribution in [2.24, 2.45) is 0 Å². The second-order valence-electron chi connectivity index (χ2n) is 5.15. The van der Waals surface area contributed by atoms with Crippen LogP contribution in [0.5, 0.6) is 5.75 Å². The molecule has 122 valence electrons. The second kappa shape index (κ2) is 8.24. The number of nitrogens with two attached hydrogens (primary N) is 1. The molecule has 3 N–H and O–H groups in total. The number of hydrogen-bond acceptors (Lipinski definition) is 5. The van der Waals surface area contributed by atoms with E-state index >= 15 is 0 Å². The van der Waals surface area contributed by atoms with Crippen LogP contribution in [0.15, 0.2) is 29.3 Å². The number of anilines is 1. The number of nitrogen functional groups attached to an aromatic ring is 1. The van der Waals surface area contributed by atoms with Gasteiger partial charge in [-0.15, -0.1) is 0 Å². The Bertz CT molecular complexity index is 804. The Labute approximate surface area is 146 Å². The summed E-state index contributed by atoms with van der Waals surface area (Å²) in [6.45, 7) is 2.78. The molecule has 0 unspecified atom stereocenters. The van der Waals surface area contributed by atoms with Gasteiger partial charge in [0, 0.05) is 5.56 Å². The first-order chi connectivity index (χ1) is 11.7. The van der Waals surface area contributed by atoms with Crippen molar-refractivity contribution in [2.45, 2.75) is 24.8 Å². The average molecular weight is 339 g/mol. The molecule has 1 aromatic heterocycles. The summed E-state index contributed by atoms with van der Waals surface area (Å²) < 4.78 is 5.65. The molecule has 24 heavy (non-hydrogen) atoms. The first-order valence-electron chi connectivity index (χ1n) is 7.62. The van der Waals surface area contributed by atoms with Crippen molar-refractivity contribution in [3.63, 3.8) is 0 Å². The highest BCUT2D eigenvalue weighted by atomic mass is 32.2. The first kappa shape index (κ1) is 17.7. The second-order valence-corrected chi connectivity index (χ2v) is 5.96. The van der Waals surface area contributed by atoms with E-state index in [2.05, 4.69) is 24.0 Å². The van der Waals surface area contributed by atoms with Gasteiger partial charge in [-0.2, -0.15) is 10.5 Å². The Balaban J connectivity index is 2.50. The van der Waals surface area contributed by atoms with Gasteiger partial charge in [-0.3, -0.25) is 5.73 Å². The van der Waals surface area contributed by atoms with Crippen LogP contribution in [-0.2, 0) is 0 Å². The lowest BCUT2D eigenvalue weighted by molar-refractivity contribution is -0.410. The number of unbranched alkanes of at least 4 members (excludes halogenated alkanes) is 1. The number of nitrogens with one attached hydrogen (secondary N) is 1. The van der Waals surface area contributed by atoms with Gasteiger partial charge in [-0.25, -0.2) is 4.98 Å². The Morgan fingerprint density at radius 3 is 2.38 bits per heavy atom.